The lowest BCUT2D eigenvalue weighted by Gasteiger charge is -2.16. The Hall–Kier alpha value is -2.10. The molecule has 1 aromatic heterocycles. The van der Waals surface area contributed by atoms with E-state index in [9.17, 15) is 4.79 Å². The molecule has 94 valence electrons. The number of nitrogens with zero attached hydrogens (tertiary/aromatic N) is 2. The minimum atomic E-state index is -0.514. The lowest BCUT2D eigenvalue weighted by molar-refractivity contribution is -0.146. The molecule has 2 aromatic rings. The second-order valence-corrected chi connectivity index (χ2v) is 4.00. The van der Waals surface area contributed by atoms with E-state index in [1.54, 1.807) is 17.8 Å². The summed E-state index contributed by atoms with van der Waals surface area (Å²) in [5.41, 5.74) is 1.75. The molecule has 2 rings (SSSR count). The van der Waals surface area contributed by atoms with Gasteiger partial charge in [-0.15, -0.1) is 0 Å². The highest BCUT2D eigenvalue weighted by atomic mass is 16.5. The number of aromatic nitrogens is 2. The quantitative estimate of drug-likeness (QED) is 0.775. The molecule has 0 aliphatic heterocycles. The number of ether oxygens (including phenoxy) is 1. The summed E-state index contributed by atoms with van der Waals surface area (Å²) in [5.74, 6) is -0.285. The summed E-state index contributed by atoms with van der Waals surface area (Å²) >= 11 is 0. The predicted octanol–water partition coefficient (Wildman–Crippen LogP) is 2.34. The van der Waals surface area contributed by atoms with Crippen molar-refractivity contribution in [2.75, 3.05) is 6.61 Å². The highest BCUT2D eigenvalue weighted by Crippen LogP contribution is 2.19. The maximum absolute atomic E-state index is 12.1. The Morgan fingerprint density at radius 1 is 1.33 bits per heavy atom. The van der Waals surface area contributed by atoms with E-state index in [1.807, 2.05) is 43.3 Å². The van der Waals surface area contributed by atoms with Crippen LogP contribution in [0.4, 0.5) is 0 Å². The molecule has 1 aromatic carbocycles. The van der Waals surface area contributed by atoms with Gasteiger partial charge < -0.3 is 4.74 Å². The maximum atomic E-state index is 12.1. The van der Waals surface area contributed by atoms with Gasteiger partial charge in [0.2, 0.25) is 0 Å². The van der Waals surface area contributed by atoms with Crippen molar-refractivity contribution in [2.45, 2.75) is 19.9 Å². The molecule has 1 unspecified atom stereocenters. The van der Waals surface area contributed by atoms with Crippen LogP contribution in [0.1, 0.15) is 24.2 Å². The minimum Gasteiger partial charge on any atom is -0.464 e. The lowest BCUT2D eigenvalue weighted by atomic mass is 10.1. The van der Waals surface area contributed by atoms with Gasteiger partial charge >= 0.3 is 5.97 Å². The fourth-order valence-corrected chi connectivity index (χ4v) is 1.83. The second-order valence-electron chi connectivity index (χ2n) is 4.00. The van der Waals surface area contributed by atoms with Crippen LogP contribution in [0.25, 0.3) is 0 Å². The van der Waals surface area contributed by atoms with Gasteiger partial charge in [0, 0.05) is 6.20 Å². The highest BCUT2D eigenvalue weighted by Gasteiger charge is 2.24. The number of benzene rings is 1. The molecule has 0 aliphatic rings. The van der Waals surface area contributed by atoms with Gasteiger partial charge in [-0.2, -0.15) is 5.10 Å². The van der Waals surface area contributed by atoms with Crippen molar-refractivity contribution in [3.05, 3.63) is 53.9 Å². The molecular formula is C14H16N2O2. The number of carbonyl (C=O) groups excluding carboxylic acids is 1. The Morgan fingerprint density at radius 2 is 2.06 bits per heavy atom. The zero-order valence-electron chi connectivity index (χ0n) is 10.5. The molecule has 1 heterocycles. The van der Waals surface area contributed by atoms with E-state index in [0.717, 1.165) is 11.3 Å². The zero-order valence-corrected chi connectivity index (χ0v) is 10.5. The maximum Gasteiger partial charge on any atom is 0.335 e. The molecule has 0 fully saturated rings. The first-order chi connectivity index (χ1) is 8.72. The van der Waals surface area contributed by atoms with Crippen molar-refractivity contribution in [1.82, 2.24) is 9.78 Å². The normalized spacial score (nSPS) is 12.1. The van der Waals surface area contributed by atoms with E-state index < -0.39 is 6.04 Å². The van der Waals surface area contributed by atoms with Crippen LogP contribution in [0.5, 0.6) is 0 Å². The number of carbonyl (C=O) groups is 1. The Balaban J connectivity index is 2.38. The third kappa shape index (κ3) is 2.59. The van der Waals surface area contributed by atoms with Crippen molar-refractivity contribution >= 4 is 5.97 Å². The van der Waals surface area contributed by atoms with Crippen LogP contribution in [0, 0.1) is 6.92 Å². The standard InChI is InChI=1S/C14H16N2O2/c1-3-18-14(17)13(12-7-5-4-6-8-12)16-10-9-11(2)15-16/h4-10,13H,3H2,1-2H3. The molecule has 0 amide bonds. The predicted molar refractivity (Wildman–Crippen MR) is 68.2 cm³/mol. The first-order valence-corrected chi connectivity index (χ1v) is 5.95. The van der Waals surface area contributed by atoms with Gasteiger partial charge in [-0.3, -0.25) is 4.68 Å². The summed E-state index contributed by atoms with van der Waals surface area (Å²) in [4.78, 5) is 12.1. The third-order valence-electron chi connectivity index (χ3n) is 2.63. The average molecular weight is 244 g/mol. The van der Waals surface area contributed by atoms with Crippen LogP contribution >= 0.6 is 0 Å². The molecule has 4 heteroatoms. The topological polar surface area (TPSA) is 44.1 Å². The Bertz CT molecular complexity index is 520. The molecule has 4 nitrogen and oxygen atoms in total. The summed E-state index contributed by atoms with van der Waals surface area (Å²) in [6.45, 7) is 4.06. The van der Waals surface area contributed by atoms with Gasteiger partial charge in [-0.25, -0.2) is 4.79 Å². The SMILES string of the molecule is CCOC(=O)C(c1ccccc1)n1ccc(C)n1. The van der Waals surface area contributed by atoms with Crippen molar-refractivity contribution in [3.63, 3.8) is 0 Å². The summed E-state index contributed by atoms with van der Waals surface area (Å²) in [6, 6.07) is 10.9. The molecule has 1 atom stereocenters. The molecular weight excluding hydrogens is 228 g/mol. The second kappa shape index (κ2) is 5.49. The molecule has 0 saturated carbocycles. The van der Waals surface area contributed by atoms with E-state index in [1.165, 1.54) is 0 Å². The molecule has 0 radical (unpaired) electrons. The molecule has 0 N–H and O–H groups in total. The van der Waals surface area contributed by atoms with Crippen molar-refractivity contribution in [3.8, 4) is 0 Å². The summed E-state index contributed by atoms with van der Waals surface area (Å²) < 4.78 is 6.76. The average Bonchev–Trinajstić information content (AvgIpc) is 2.78. The Kier molecular flexibility index (Phi) is 3.77. The first-order valence-electron chi connectivity index (χ1n) is 5.95. The minimum absolute atomic E-state index is 0.285. The molecule has 0 saturated heterocycles. The third-order valence-corrected chi connectivity index (χ3v) is 2.63. The fourth-order valence-electron chi connectivity index (χ4n) is 1.83. The first kappa shape index (κ1) is 12.4. The Labute approximate surface area is 106 Å². The van der Waals surface area contributed by atoms with Gasteiger partial charge in [0.1, 0.15) is 0 Å². The fraction of sp³-hybridized carbons (Fsp3) is 0.286. The largest absolute Gasteiger partial charge is 0.464 e. The van der Waals surface area contributed by atoms with E-state index in [4.69, 9.17) is 4.74 Å². The van der Waals surface area contributed by atoms with Gasteiger partial charge in [0.15, 0.2) is 6.04 Å². The number of hydrogen-bond donors (Lipinski definition) is 0. The zero-order chi connectivity index (χ0) is 13.0. The van der Waals surface area contributed by atoms with Crippen LogP contribution in [-0.2, 0) is 9.53 Å². The van der Waals surface area contributed by atoms with Crippen LogP contribution in [0.3, 0.4) is 0 Å². The van der Waals surface area contributed by atoms with Crippen molar-refractivity contribution < 1.29 is 9.53 Å². The molecule has 0 spiro atoms. The highest BCUT2D eigenvalue weighted by molar-refractivity contribution is 5.77. The number of hydrogen-bond acceptors (Lipinski definition) is 3. The molecule has 0 aliphatic carbocycles. The van der Waals surface area contributed by atoms with Gasteiger partial charge in [-0.1, -0.05) is 30.3 Å². The number of aryl methyl sites for hydroxylation is 1. The van der Waals surface area contributed by atoms with Crippen LogP contribution in [0.15, 0.2) is 42.6 Å². The molecule has 0 bridgehead atoms. The summed E-state index contributed by atoms with van der Waals surface area (Å²) in [6.07, 6.45) is 1.80. The Morgan fingerprint density at radius 3 is 2.61 bits per heavy atom. The van der Waals surface area contributed by atoms with Crippen LogP contribution in [-0.4, -0.2) is 22.4 Å². The summed E-state index contributed by atoms with van der Waals surface area (Å²) in [5, 5.41) is 4.31. The lowest BCUT2D eigenvalue weighted by Crippen LogP contribution is -2.23. The smallest absolute Gasteiger partial charge is 0.335 e. The van der Waals surface area contributed by atoms with Gasteiger partial charge in [-0.05, 0) is 25.5 Å². The summed E-state index contributed by atoms with van der Waals surface area (Å²) in [7, 11) is 0. The number of rotatable bonds is 4. The monoisotopic (exact) mass is 244 g/mol. The van der Waals surface area contributed by atoms with E-state index in [2.05, 4.69) is 5.10 Å². The van der Waals surface area contributed by atoms with E-state index >= 15 is 0 Å². The van der Waals surface area contributed by atoms with E-state index in [-0.39, 0.29) is 5.97 Å². The van der Waals surface area contributed by atoms with Crippen LogP contribution in [0.2, 0.25) is 0 Å². The number of esters is 1. The van der Waals surface area contributed by atoms with Crippen LogP contribution < -0.4 is 0 Å². The van der Waals surface area contributed by atoms with Crippen molar-refractivity contribution in [2.24, 2.45) is 0 Å². The van der Waals surface area contributed by atoms with Gasteiger partial charge in [0.05, 0.1) is 12.3 Å². The van der Waals surface area contributed by atoms with Crippen molar-refractivity contribution in [1.29, 1.82) is 0 Å². The molecule has 18 heavy (non-hydrogen) atoms. The van der Waals surface area contributed by atoms with Gasteiger partial charge in [0.25, 0.3) is 0 Å². The van der Waals surface area contributed by atoms with E-state index in [0.29, 0.717) is 6.61 Å².